The maximum Gasteiger partial charge on any atom is 0.573 e. The van der Waals surface area contributed by atoms with E-state index in [9.17, 15) is 17.6 Å². The standard InChI is InChI=1S/C20H11Cl2F4N3OS/c1-29-19(27-18(28-29)15-12(21)6-4-7-13(15)23)11-9-31-17(16(11)22)10-5-2-3-8-14(10)30-20(24,25)26/h2-9H,1H3. The quantitative estimate of drug-likeness (QED) is 0.285. The van der Waals surface area contributed by atoms with Crippen LogP contribution in [0.1, 0.15) is 0 Å². The van der Waals surface area contributed by atoms with E-state index in [1.807, 2.05) is 0 Å². The number of aromatic nitrogens is 3. The lowest BCUT2D eigenvalue weighted by Crippen LogP contribution is -2.17. The second-order valence-corrected chi connectivity index (χ2v) is 7.98. The molecule has 160 valence electrons. The molecule has 11 heteroatoms. The molecule has 0 aliphatic rings. The van der Waals surface area contributed by atoms with Crippen molar-refractivity contribution in [3.63, 3.8) is 0 Å². The molecule has 0 saturated heterocycles. The number of thiophene rings is 1. The Morgan fingerprint density at radius 3 is 2.48 bits per heavy atom. The summed E-state index contributed by atoms with van der Waals surface area (Å²) in [6.45, 7) is 0. The molecule has 0 radical (unpaired) electrons. The molecule has 0 bridgehead atoms. The fourth-order valence-corrected chi connectivity index (χ4v) is 4.64. The lowest BCUT2D eigenvalue weighted by Gasteiger charge is -2.12. The molecule has 4 aromatic rings. The van der Waals surface area contributed by atoms with Gasteiger partial charge in [0, 0.05) is 23.6 Å². The van der Waals surface area contributed by atoms with E-state index in [0.29, 0.717) is 16.3 Å². The van der Waals surface area contributed by atoms with Gasteiger partial charge in [0.05, 0.1) is 20.5 Å². The predicted molar refractivity (Wildman–Crippen MR) is 112 cm³/mol. The lowest BCUT2D eigenvalue weighted by molar-refractivity contribution is -0.274. The van der Waals surface area contributed by atoms with E-state index in [4.69, 9.17) is 23.2 Å². The molecule has 0 aliphatic heterocycles. The summed E-state index contributed by atoms with van der Waals surface area (Å²) in [6, 6.07) is 9.92. The molecule has 2 aromatic heterocycles. The number of alkyl halides is 3. The number of hydrogen-bond donors (Lipinski definition) is 0. The van der Waals surface area contributed by atoms with Crippen LogP contribution < -0.4 is 4.74 Å². The third-order valence-electron chi connectivity index (χ3n) is 4.28. The Morgan fingerprint density at radius 2 is 1.77 bits per heavy atom. The zero-order valence-corrected chi connectivity index (χ0v) is 17.9. The molecule has 0 spiro atoms. The molecule has 0 unspecified atom stereocenters. The van der Waals surface area contributed by atoms with Gasteiger partial charge in [0.2, 0.25) is 0 Å². The van der Waals surface area contributed by atoms with Crippen LogP contribution in [0.25, 0.3) is 33.2 Å². The molecular formula is C20H11Cl2F4N3OS. The highest BCUT2D eigenvalue weighted by Crippen LogP contribution is 2.45. The predicted octanol–water partition coefficient (Wildman–Crippen LogP) is 7.22. The lowest BCUT2D eigenvalue weighted by atomic mass is 10.1. The Kier molecular flexibility index (Phi) is 5.67. The van der Waals surface area contributed by atoms with Crippen molar-refractivity contribution in [3.8, 4) is 39.0 Å². The van der Waals surface area contributed by atoms with Crippen LogP contribution in [0.15, 0.2) is 47.8 Å². The summed E-state index contributed by atoms with van der Waals surface area (Å²) in [6.07, 6.45) is -4.85. The van der Waals surface area contributed by atoms with Gasteiger partial charge >= 0.3 is 6.36 Å². The average Bonchev–Trinajstić information content (AvgIpc) is 3.23. The van der Waals surface area contributed by atoms with Crippen molar-refractivity contribution in [3.05, 3.63) is 63.7 Å². The number of nitrogens with zero attached hydrogens (tertiary/aromatic N) is 3. The maximum absolute atomic E-state index is 14.3. The van der Waals surface area contributed by atoms with Gasteiger partial charge in [0.1, 0.15) is 11.6 Å². The number of benzene rings is 2. The van der Waals surface area contributed by atoms with Gasteiger partial charge in [-0.05, 0) is 24.3 Å². The third kappa shape index (κ3) is 4.26. The van der Waals surface area contributed by atoms with Crippen LogP contribution in [0.3, 0.4) is 0 Å². The van der Waals surface area contributed by atoms with Crippen LogP contribution in [-0.4, -0.2) is 21.1 Å². The SMILES string of the molecule is Cn1nc(-c2c(F)cccc2Cl)nc1-c1csc(-c2ccccc2OC(F)(F)F)c1Cl. The van der Waals surface area contributed by atoms with Crippen LogP contribution >= 0.6 is 34.5 Å². The molecular weight excluding hydrogens is 477 g/mol. The Bertz CT molecular complexity index is 1250. The summed E-state index contributed by atoms with van der Waals surface area (Å²) < 4.78 is 58.1. The second-order valence-electron chi connectivity index (χ2n) is 6.32. The molecule has 4 nitrogen and oxygen atoms in total. The number of aryl methyl sites for hydroxylation is 1. The van der Waals surface area contributed by atoms with Crippen molar-refractivity contribution < 1.29 is 22.3 Å². The molecule has 0 atom stereocenters. The number of ether oxygens (including phenoxy) is 1. The Balaban J connectivity index is 1.78. The number of hydrogen-bond acceptors (Lipinski definition) is 4. The minimum Gasteiger partial charge on any atom is -0.405 e. The molecule has 0 N–H and O–H groups in total. The van der Waals surface area contributed by atoms with Crippen LogP contribution in [0.4, 0.5) is 17.6 Å². The van der Waals surface area contributed by atoms with Crippen molar-refractivity contribution in [2.75, 3.05) is 0 Å². The van der Waals surface area contributed by atoms with Crippen LogP contribution in [-0.2, 0) is 7.05 Å². The molecule has 0 aliphatic carbocycles. The largest absolute Gasteiger partial charge is 0.573 e. The fraction of sp³-hybridized carbons (Fsp3) is 0.100. The minimum atomic E-state index is -4.85. The highest BCUT2D eigenvalue weighted by molar-refractivity contribution is 7.15. The molecule has 0 amide bonds. The Morgan fingerprint density at radius 1 is 1.03 bits per heavy atom. The third-order valence-corrected chi connectivity index (χ3v) is 6.11. The number of rotatable bonds is 4. The summed E-state index contributed by atoms with van der Waals surface area (Å²) in [5.74, 6) is -0.594. The molecule has 2 aromatic carbocycles. The second kappa shape index (κ2) is 8.14. The van der Waals surface area contributed by atoms with E-state index in [-0.39, 0.29) is 32.7 Å². The van der Waals surface area contributed by atoms with E-state index < -0.39 is 12.2 Å². The first-order valence-electron chi connectivity index (χ1n) is 8.63. The van der Waals surface area contributed by atoms with Gasteiger partial charge in [-0.15, -0.1) is 24.5 Å². The smallest absolute Gasteiger partial charge is 0.405 e. The van der Waals surface area contributed by atoms with E-state index in [2.05, 4.69) is 14.8 Å². The zero-order chi connectivity index (χ0) is 22.3. The number of para-hydroxylation sites is 1. The van der Waals surface area contributed by atoms with Crippen LogP contribution in [0.2, 0.25) is 10.0 Å². The summed E-state index contributed by atoms with van der Waals surface area (Å²) in [4.78, 5) is 4.73. The van der Waals surface area contributed by atoms with Crippen molar-refractivity contribution in [2.45, 2.75) is 6.36 Å². The van der Waals surface area contributed by atoms with Crippen molar-refractivity contribution in [1.82, 2.24) is 14.8 Å². The van der Waals surface area contributed by atoms with E-state index in [1.165, 1.54) is 41.1 Å². The number of halogens is 6. The van der Waals surface area contributed by atoms with Gasteiger partial charge in [-0.2, -0.15) is 5.10 Å². The highest BCUT2D eigenvalue weighted by Gasteiger charge is 2.33. The van der Waals surface area contributed by atoms with E-state index in [1.54, 1.807) is 18.5 Å². The molecule has 31 heavy (non-hydrogen) atoms. The van der Waals surface area contributed by atoms with Crippen LogP contribution in [0.5, 0.6) is 5.75 Å². The van der Waals surface area contributed by atoms with Crippen molar-refractivity contribution in [2.24, 2.45) is 7.05 Å². The first-order chi connectivity index (χ1) is 14.7. The van der Waals surface area contributed by atoms with Crippen LogP contribution in [0, 0.1) is 5.82 Å². The first-order valence-corrected chi connectivity index (χ1v) is 10.3. The normalized spacial score (nSPS) is 11.7. The summed E-state index contributed by atoms with van der Waals surface area (Å²) >= 11 is 13.7. The average molecular weight is 488 g/mol. The molecule has 2 heterocycles. The molecule has 4 rings (SSSR count). The highest BCUT2D eigenvalue weighted by atomic mass is 35.5. The molecule has 0 saturated carbocycles. The topological polar surface area (TPSA) is 39.9 Å². The monoisotopic (exact) mass is 487 g/mol. The minimum absolute atomic E-state index is 0.0431. The van der Waals surface area contributed by atoms with Gasteiger partial charge in [-0.3, -0.25) is 0 Å². The van der Waals surface area contributed by atoms with Gasteiger partial charge < -0.3 is 4.74 Å². The summed E-state index contributed by atoms with van der Waals surface area (Å²) in [7, 11) is 1.59. The Labute approximate surface area is 187 Å². The van der Waals surface area contributed by atoms with Crippen molar-refractivity contribution in [1.29, 1.82) is 0 Å². The Hall–Kier alpha value is -2.62. The van der Waals surface area contributed by atoms with Crippen molar-refractivity contribution >= 4 is 34.5 Å². The van der Waals surface area contributed by atoms with Gasteiger partial charge in [-0.25, -0.2) is 14.1 Å². The van der Waals surface area contributed by atoms with Gasteiger partial charge in [0.15, 0.2) is 11.6 Å². The summed E-state index contributed by atoms with van der Waals surface area (Å²) in [5, 5.41) is 6.18. The van der Waals surface area contributed by atoms with Gasteiger partial charge in [-0.1, -0.05) is 41.4 Å². The molecule has 0 fully saturated rings. The fourth-order valence-electron chi connectivity index (χ4n) is 2.98. The van der Waals surface area contributed by atoms with E-state index >= 15 is 0 Å². The summed E-state index contributed by atoms with van der Waals surface area (Å²) in [5.41, 5.74) is 0.652. The maximum atomic E-state index is 14.3. The zero-order valence-electron chi connectivity index (χ0n) is 15.5. The first kappa shape index (κ1) is 21.6. The van der Waals surface area contributed by atoms with E-state index in [0.717, 1.165) is 11.3 Å². The van der Waals surface area contributed by atoms with Gasteiger partial charge in [0.25, 0.3) is 0 Å².